The van der Waals surface area contributed by atoms with Crippen molar-refractivity contribution in [2.75, 3.05) is 10.6 Å². The van der Waals surface area contributed by atoms with E-state index in [1.165, 1.54) is 18.6 Å². The van der Waals surface area contributed by atoms with Crippen LogP contribution >= 0.6 is 34.5 Å². The number of hydrogen-bond donors (Lipinski definition) is 2. The number of alkyl halides is 3. The maximum absolute atomic E-state index is 13.1. The summed E-state index contributed by atoms with van der Waals surface area (Å²) >= 11 is 13.0. The highest BCUT2D eigenvalue weighted by molar-refractivity contribution is 7.13. The van der Waals surface area contributed by atoms with Crippen LogP contribution in [0.4, 0.5) is 30.4 Å². The minimum absolute atomic E-state index is 0.00781. The lowest BCUT2D eigenvalue weighted by Gasteiger charge is -2.11. The number of anilines is 3. The van der Waals surface area contributed by atoms with Crippen LogP contribution in [-0.2, 0) is 6.18 Å². The molecule has 2 N–H and O–H groups in total. The fraction of sp³-hybridized carbons (Fsp3) is 0.167. The van der Waals surface area contributed by atoms with Crippen LogP contribution in [0.2, 0.25) is 10.0 Å². The van der Waals surface area contributed by atoms with Crippen LogP contribution in [0.15, 0.2) is 55.2 Å². The summed E-state index contributed by atoms with van der Waals surface area (Å²) in [5.74, 6) is -1.14. The van der Waals surface area contributed by atoms with Gasteiger partial charge in [-0.25, -0.2) is 15.0 Å². The molecule has 0 radical (unpaired) electrons. The molecule has 1 amide bonds. The highest BCUT2D eigenvalue weighted by Gasteiger charge is 2.33. The highest BCUT2D eigenvalue weighted by atomic mass is 35.5. The lowest BCUT2D eigenvalue weighted by atomic mass is 10.0. The van der Waals surface area contributed by atoms with Crippen molar-refractivity contribution in [3.8, 4) is 0 Å². The maximum atomic E-state index is 13.1. The van der Waals surface area contributed by atoms with Crippen molar-refractivity contribution >= 4 is 63.4 Å². The van der Waals surface area contributed by atoms with E-state index in [1.807, 2.05) is 0 Å². The molecule has 0 fully saturated rings. The summed E-state index contributed by atoms with van der Waals surface area (Å²) in [5.41, 5.74) is -0.423. The van der Waals surface area contributed by atoms with Crippen molar-refractivity contribution in [3.05, 3.63) is 86.4 Å². The number of halogens is 5. The van der Waals surface area contributed by atoms with Gasteiger partial charge in [0.05, 0.1) is 21.8 Å². The number of rotatable bonds is 8. The van der Waals surface area contributed by atoms with Crippen molar-refractivity contribution in [1.82, 2.24) is 19.9 Å². The van der Waals surface area contributed by atoms with Gasteiger partial charge in [0, 0.05) is 36.1 Å². The van der Waals surface area contributed by atoms with Gasteiger partial charge in [0.1, 0.15) is 21.9 Å². The van der Waals surface area contributed by atoms with Crippen molar-refractivity contribution in [2.45, 2.75) is 25.4 Å². The third kappa shape index (κ3) is 6.44. The molecule has 1 atom stereocenters. The molecule has 14 heteroatoms. The summed E-state index contributed by atoms with van der Waals surface area (Å²) in [6, 6.07) is 6.50. The molecule has 4 aromatic rings. The molecule has 0 saturated heterocycles. The fourth-order valence-electron chi connectivity index (χ4n) is 3.32. The average molecular weight is 581 g/mol. The molecule has 38 heavy (non-hydrogen) atoms. The predicted octanol–water partition coefficient (Wildman–Crippen LogP) is 7.03. The van der Waals surface area contributed by atoms with Crippen LogP contribution in [0.3, 0.4) is 0 Å². The Balaban J connectivity index is 1.43. The van der Waals surface area contributed by atoms with Gasteiger partial charge in [-0.15, -0.1) is 11.3 Å². The molecular formula is C24H17Cl2F3N6O2S. The van der Waals surface area contributed by atoms with Crippen molar-refractivity contribution < 1.29 is 22.8 Å². The van der Waals surface area contributed by atoms with Gasteiger partial charge in [-0.3, -0.25) is 14.6 Å². The molecule has 196 valence electrons. The molecule has 3 aromatic heterocycles. The Hall–Kier alpha value is -3.61. The number of ketones is 1. The molecule has 1 aromatic carbocycles. The van der Waals surface area contributed by atoms with Crippen LogP contribution in [0.5, 0.6) is 0 Å². The van der Waals surface area contributed by atoms with Crippen molar-refractivity contribution in [2.24, 2.45) is 0 Å². The predicted molar refractivity (Wildman–Crippen MR) is 138 cm³/mol. The number of benzene rings is 1. The molecule has 0 aliphatic rings. The maximum Gasteiger partial charge on any atom is 0.417 e. The zero-order valence-corrected chi connectivity index (χ0v) is 21.7. The Labute approximate surface area is 228 Å². The number of carbonyl (C=O) groups is 2. The quantitative estimate of drug-likeness (QED) is 0.215. The Morgan fingerprint density at radius 2 is 1.79 bits per heavy atom. The van der Waals surface area contributed by atoms with Gasteiger partial charge in [0.2, 0.25) is 0 Å². The Morgan fingerprint density at radius 1 is 1.05 bits per heavy atom. The third-order valence-corrected chi connectivity index (χ3v) is 7.10. The number of Topliss-reactive ketones (excluding diaryl/α,β-unsaturated/α-hetero) is 1. The summed E-state index contributed by atoms with van der Waals surface area (Å²) in [4.78, 5) is 42.0. The topological polar surface area (TPSA) is 110 Å². The molecular weight excluding hydrogens is 564 g/mol. The molecule has 4 rings (SSSR count). The number of thiazole rings is 1. The Bertz CT molecular complexity index is 1480. The zero-order chi connectivity index (χ0) is 27.4. The van der Waals surface area contributed by atoms with Crippen LogP contribution in [0, 0.1) is 0 Å². The van der Waals surface area contributed by atoms with E-state index in [4.69, 9.17) is 23.2 Å². The number of pyridine rings is 1. The van der Waals surface area contributed by atoms with Gasteiger partial charge in [-0.1, -0.05) is 30.1 Å². The first-order valence-corrected chi connectivity index (χ1v) is 12.4. The highest BCUT2D eigenvalue weighted by Crippen LogP contribution is 2.36. The third-order valence-electron chi connectivity index (χ3n) is 5.19. The summed E-state index contributed by atoms with van der Waals surface area (Å²) in [5, 5.41) is 5.48. The van der Waals surface area contributed by atoms with E-state index < -0.39 is 28.6 Å². The van der Waals surface area contributed by atoms with Gasteiger partial charge in [0.15, 0.2) is 11.6 Å². The second-order valence-electron chi connectivity index (χ2n) is 7.98. The van der Waals surface area contributed by atoms with Gasteiger partial charge in [-0.05, 0) is 30.3 Å². The van der Waals surface area contributed by atoms with E-state index in [1.54, 1.807) is 31.5 Å². The van der Waals surface area contributed by atoms with E-state index in [0.29, 0.717) is 10.7 Å². The van der Waals surface area contributed by atoms with Crippen molar-refractivity contribution in [1.29, 1.82) is 0 Å². The number of nitrogens with zero attached hydrogens (tertiary/aromatic N) is 4. The van der Waals surface area contributed by atoms with E-state index in [9.17, 15) is 22.8 Å². The molecule has 8 nitrogen and oxygen atoms in total. The smallest absolute Gasteiger partial charge is 0.339 e. The first-order valence-electron chi connectivity index (χ1n) is 10.9. The summed E-state index contributed by atoms with van der Waals surface area (Å²) in [6.07, 6.45) is 1.02. The molecule has 0 spiro atoms. The lowest BCUT2D eigenvalue weighted by Crippen LogP contribution is -2.12. The summed E-state index contributed by atoms with van der Waals surface area (Å²) in [6.45, 7) is 1.75. The van der Waals surface area contributed by atoms with Gasteiger partial charge < -0.3 is 10.6 Å². The van der Waals surface area contributed by atoms with E-state index in [2.05, 4.69) is 30.6 Å². The standard InChI is InChI=1S/C24H17Cl2F3N6O2S/c1-12(8-17(36)20-19(26)21(33-11-32-20)34-13-4-6-30-7-5-13)23-31-10-18(38-23)22(37)35-14-2-3-16(25)15(9-14)24(27,28)29/h2-7,9-12H,8H2,1H3,(H,35,37)(H,30,32,33,34)/t12-/m1/s1. The first kappa shape index (κ1) is 27.4. The number of amides is 1. The Kier molecular flexibility index (Phi) is 8.24. The number of nitrogens with one attached hydrogen (secondary N) is 2. The van der Waals surface area contributed by atoms with Gasteiger partial charge >= 0.3 is 6.18 Å². The zero-order valence-electron chi connectivity index (χ0n) is 19.4. The second-order valence-corrected chi connectivity index (χ2v) is 9.83. The van der Waals surface area contributed by atoms with E-state index >= 15 is 0 Å². The molecule has 0 saturated carbocycles. The largest absolute Gasteiger partial charge is 0.417 e. The summed E-state index contributed by atoms with van der Waals surface area (Å²) in [7, 11) is 0. The molecule has 0 bridgehead atoms. The second kappa shape index (κ2) is 11.4. The first-order chi connectivity index (χ1) is 18.0. The van der Waals surface area contributed by atoms with E-state index in [-0.39, 0.29) is 39.3 Å². The number of aromatic nitrogens is 4. The van der Waals surface area contributed by atoms with Crippen LogP contribution in [0.1, 0.15) is 50.0 Å². The van der Waals surface area contributed by atoms with E-state index in [0.717, 1.165) is 23.5 Å². The van der Waals surface area contributed by atoms with Gasteiger partial charge in [0.25, 0.3) is 5.91 Å². The SMILES string of the molecule is C[C@H](CC(=O)c1ncnc(Nc2ccncc2)c1Cl)c1ncc(C(=O)Nc2ccc(Cl)c(C(F)(F)F)c2)s1. The molecule has 0 aliphatic heterocycles. The lowest BCUT2D eigenvalue weighted by molar-refractivity contribution is -0.137. The van der Waals surface area contributed by atoms with Crippen LogP contribution < -0.4 is 10.6 Å². The van der Waals surface area contributed by atoms with Crippen LogP contribution in [0.25, 0.3) is 0 Å². The minimum Gasteiger partial charge on any atom is -0.339 e. The molecule has 3 heterocycles. The number of carbonyl (C=O) groups excluding carboxylic acids is 2. The van der Waals surface area contributed by atoms with Gasteiger partial charge in [-0.2, -0.15) is 13.2 Å². The molecule has 0 unspecified atom stereocenters. The average Bonchev–Trinajstić information content (AvgIpc) is 3.37. The normalized spacial score (nSPS) is 12.2. The number of hydrogen-bond acceptors (Lipinski definition) is 8. The summed E-state index contributed by atoms with van der Waals surface area (Å²) < 4.78 is 39.3. The van der Waals surface area contributed by atoms with Crippen molar-refractivity contribution in [3.63, 3.8) is 0 Å². The monoisotopic (exact) mass is 580 g/mol. The van der Waals surface area contributed by atoms with Crippen LogP contribution in [-0.4, -0.2) is 31.6 Å². The minimum atomic E-state index is -4.67. The molecule has 0 aliphatic carbocycles. The fourth-order valence-corrected chi connectivity index (χ4v) is 4.66. The Morgan fingerprint density at radius 3 is 2.50 bits per heavy atom.